The minimum atomic E-state index is -0.758. The second kappa shape index (κ2) is 36.2. The number of carbonyl (C=O) groups is 3. The molecular weight excluding hydrogens is 612 g/mol. The van der Waals surface area contributed by atoms with Crippen LogP contribution in [0.25, 0.3) is 0 Å². The number of esters is 3. The summed E-state index contributed by atoms with van der Waals surface area (Å²) in [6.45, 7) is 11.2. The van der Waals surface area contributed by atoms with Crippen LogP contribution < -0.4 is 0 Å². The van der Waals surface area contributed by atoms with Crippen LogP contribution in [-0.4, -0.2) is 37.2 Å². The summed E-state index contributed by atoms with van der Waals surface area (Å²) >= 11 is 0. The molecule has 0 amide bonds. The first kappa shape index (κ1) is 47.4. The fourth-order valence-corrected chi connectivity index (χ4v) is 6.22. The Kier molecular flexibility index (Phi) is 35.0. The molecule has 49 heavy (non-hydrogen) atoms. The Morgan fingerprint density at radius 3 is 1.00 bits per heavy atom. The molecule has 0 saturated heterocycles. The van der Waals surface area contributed by atoms with E-state index in [4.69, 9.17) is 14.2 Å². The second-order valence-electron chi connectivity index (χ2n) is 15.6. The molecule has 0 aromatic rings. The standard InChI is InChI=1S/C43H82O6/c1-6-7-8-9-16-25-30-35-43(46)49-40(37-48-42(45)34-29-24-20-15-18-22-27-32-39(4)5)36-47-41(44)33-28-23-19-14-12-10-11-13-17-21-26-31-38(2)3/h38-40H,6-37H2,1-5H3/t40-/m0/s1. The summed E-state index contributed by atoms with van der Waals surface area (Å²) in [5, 5.41) is 0. The summed E-state index contributed by atoms with van der Waals surface area (Å²) < 4.78 is 16.6. The largest absolute Gasteiger partial charge is 0.462 e. The van der Waals surface area contributed by atoms with Crippen LogP contribution in [-0.2, 0) is 28.6 Å². The minimum Gasteiger partial charge on any atom is -0.462 e. The number of ether oxygens (including phenoxy) is 3. The Labute approximate surface area is 304 Å². The molecule has 0 unspecified atom stereocenters. The second-order valence-corrected chi connectivity index (χ2v) is 15.6. The number of unbranched alkanes of at least 4 members (excludes halogenated alkanes) is 22. The van der Waals surface area contributed by atoms with E-state index >= 15 is 0 Å². The molecule has 1 atom stereocenters. The van der Waals surface area contributed by atoms with E-state index in [1.807, 2.05) is 0 Å². The zero-order valence-electron chi connectivity index (χ0n) is 33.3. The Morgan fingerprint density at radius 1 is 0.388 bits per heavy atom. The molecule has 0 aromatic heterocycles. The molecule has 0 radical (unpaired) electrons. The van der Waals surface area contributed by atoms with Crippen LogP contribution in [0.2, 0.25) is 0 Å². The van der Waals surface area contributed by atoms with E-state index in [0.717, 1.165) is 69.6 Å². The molecule has 6 nitrogen and oxygen atoms in total. The van der Waals surface area contributed by atoms with Gasteiger partial charge in [-0.1, -0.05) is 189 Å². The van der Waals surface area contributed by atoms with Gasteiger partial charge in [-0.2, -0.15) is 0 Å². The summed E-state index contributed by atoms with van der Waals surface area (Å²) in [6.07, 6.45) is 32.5. The van der Waals surface area contributed by atoms with Crippen molar-refractivity contribution in [2.75, 3.05) is 13.2 Å². The molecule has 0 bridgehead atoms. The van der Waals surface area contributed by atoms with Crippen LogP contribution in [0.1, 0.15) is 227 Å². The molecule has 0 aliphatic carbocycles. The highest BCUT2D eigenvalue weighted by Gasteiger charge is 2.19. The molecule has 290 valence electrons. The van der Waals surface area contributed by atoms with Gasteiger partial charge in [-0.15, -0.1) is 0 Å². The predicted molar refractivity (Wildman–Crippen MR) is 206 cm³/mol. The number of hydrogen-bond donors (Lipinski definition) is 0. The predicted octanol–water partition coefficient (Wildman–Crippen LogP) is 13.0. The van der Waals surface area contributed by atoms with E-state index in [9.17, 15) is 14.4 Å². The van der Waals surface area contributed by atoms with Crippen molar-refractivity contribution in [3.8, 4) is 0 Å². The zero-order chi connectivity index (χ0) is 36.2. The van der Waals surface area contributed by atoms with E-state index in [2.05, 4.69) is 34.6 Å². The van der Waals surface area contributed by atoms with Crippen LogP contribution in [0.15, 0.2) is 0 Å². The molecule has 0 heterocycles. The van der Waals surface area contributed by atoms with Gasteiger partial charge in [0.2, 0.25) is 0 Å². The van der Waals surface area contributed by atoms with Crippen molar-refractivity contribution in [3.05, 3.63) is 0 Å². The normalized spacial score (nSPS) is 12.1. The number of carbonyl (C=O) groups excluding carboxylic acids is 3. The van der Waals surface area contributed by atoms with Crippen molar-refractivity contribution in [3.63, 3.8) is 0 Å². The third-order valence-electron chi connectivity index (χ3n) is 9.47. The van der Waals surface area contributed by atoms with Crippen LogP contribution in [0.3, 0.4) is 0 Å². The molecule has 0 aliphatic rings. The lowest BCUT2D eigenvalue weighted by molar-refractivity contribution is -0.167. The van der Waals surface area contributed by atoms with E-state index in [0.29, 0.717) is 19.3 Å². The molecule has 0 saturated carbocycles. The molecule has 6 heteroatoms. The quantitative estimate of drug-likeness (QED) is 0.0366. The smallest absolute Gasteiger partial charge is 0.306 e. The Bertz CT molecular complexity index is 749. The van der Waals surface area contributed by atoms with E-state index < -0.39 is 6.10 Å². The third-order valence-corrected chi connectivity index (χ3v) is 9.47. The van der Waals surface area contributed by atoms with Crippen molar-refractivity contribution in [2.24, 2.45) is 11.8 Å². The van der Waals surface area contributed by atoms with Gasteiger partial charge in [0, 0.05) is 19.3 Å². The number of rotatable bonds is 37. The van der Waals surface area contributed by atoms with Crippen LogP contribution in [0, 0.1) is 11.8 Å². The topological polar surface area (TPSA) is 78.9 Å². The first-order valence-electron chi connectivity index (χ1n) is 21.2. The summed E-state index contributed by atoms with van der Waals surface area (Å²) in [7, 11) is 0. The summed E-state index contributed by atoms with van der Waals surface area (Å²) in [5.41, 5.74) is 0. The van der Waals surface area contributed by atoms with Crippen molar-refractivity contribution in [1.29, 1.82) is 0 Å². The molecular formula is C43H82O6. The highest BCUT2D eigenvalue weighted by atomic mass is 16.6. The zero-order valence-corrected chi connectivity index (χ0v) is 33.3. The molecule has 0 fully saturated rings. The maximum Gasteiger partial charge on any atom is 0.306 e. The SMILES string of the molecule is CCCCCCCCCC(=O)O[C@@H](COC(=O)CCCCCCCCCCCCCC(C)C)COC(=O)CCCCCCCCCC(C)C. The molecule has 0 rings (SSSR count). The lowest BCUT2D eigenvalue weighted by Crippen LogP contribution is -2.30. The minimum absolute atomic E-state index is 0.0663. The van der Waals surface area contributed by atoms with Crippen molar-refractivity contribution in [2.45, 2.75) is 233 Å². The van der Waals surface area contributed by atoms with Crippen LogP contribution >= 0.6 is 0 Å². The molecule has 0 spiro atoms. The van der Waals surface area contributed by atoms with Gasteiger partial charge in [0.25, 0.3) is 0 Å². The summed E-state index contributed by atoms with van der Waals surface area (Å²) in [4.78, 5) is 37.4. The van der Waals surface area contributed by atoms with Gasteiger partial charge in [-0.05, 0) is 31.1 Å². The van der Waals surface area contributed by atoms with Crippen molar-refractivity contribution in [1.82, 2.24) is 0 Å². The maximum absolute atomic E-state index is 12.6. The van der Waals surface area contributed by atoms with Gasteiger partial charge in [0.05, 0.1) is 0 Å². The fraction of sp³-hybridized carbons (Fsp3) is 0.930. The van der Waals surface area contributed by atoms with E-state index in [1.54, 1.807) is 0 Å². The van der Waals surface area contributed by atoms with Gasteiger partial charge in [-0.25, -0.2) is 0 Å². The fourth-order valence-electron chi connectivity index (χ4n) is 6.22. The first-order valence-corrected chi connectivity index (χ1v) is 21.2. The third kappa shape index (κ3) is 37.5. The summed E-state index contributed by atoms with van der Waals surface area (Å²) in [6, 6.07) is 0. The number of hydrogen-bond acceptors (Lipinski definition) is 6. The lowest BCUT2D eigenvalue weighted by atomic mass is 10.0. The summed E-state index contributed by atoms with van der Waals surface area (Å²) in [5.74, 6) is 0.738. The van der Waals surface area contributed by atoms with Gasteiger partial charge in [0.1, 0.15) is 13.2 Å². The van der Waals surface area contributed by atoms with Gasteiger partial charge >= 0.3 is 17.9 Å². The van der Waals surface area contributed by atoms with Crippen molar-refractivity contribution >= 4 is 17.9 Å². The molecule has 0 aliphatic heterocycles. The highest BCUT2D eigenvalue weighted by molar-refractivity contribution is 5.71. The van der Waals surface area contributed by atoms with Gasteiger partial charge < -0.3 is 14.2 Å². The Balaban J connectivity index is 4.26. The van der Waals surface area contributed by atoms with Gasteiger partial charge in [-0.3, -0.25) is 14.4 Å². The van der Waals surface area contributed by atoms with Crippen molar-refractivity contribution < 1.29 is 28.6 Å². The maximum atomic E-state index is 12.6. The average Bonchev–Trinajstić information content (AvgIpc) is 3.06. The monoisotopic (exact) mass is 695 g/mol. The molecule has 0 aromatic carbocycles. The Hall–Kier alpha value is -1.59. The highest BCUT2D eigenvalue weighted by Crippen LogP contribution is 2.16. The van der Waals surface area contributed by atoms with Crippen LogP contribution in [0.4, 0.5) is 0 Å². The Morgan fingerprint density at radius 2 is 0.673 bits per heavy atom. The van der Waals surface area contributed by atoms with E-state index in [-0.39, 0.29) is 31.1 Å². The van der Waals surface area contributed by atoms with Crippen LogP contribution in [0.5, 0.6) is 0 Å². The van der Waals surface area contributed by atoms with E-state index in [1.165, 1.54) is 116 Å². The van der Waals surface area contributed by atoms with Gasteiger partial charge in [0.15, 0.2) is 6.10 Å². The average molecular weight is 695 g/mol. The first-order chi connectivity index (χ1) is 23.7. The molecule has 0 N–H and O–H groups in total. The lowest BCUT2D eigenvalue weighted by Gasteiger charge is -2.18.